The zero-order valence-electron chi connectivity index (χ0n) is 11.0. The predicted octanol–water partition coefficient (Wildman–Crippen LogP) is 3.18. The zero-order valence-corrected chi connectivity index (χ0v) is 11.0. The number of hydrogen-bond donors (Lipinski definition) is 0. The highest BCUT2D eigenvalue weighted by Crippen LogP contribution is 2.37. The third-order valence-electron chi connectivity index (χ3n) is 4.16. The molecule has 2 heterocycles. The fourth-order valence-electron chi connectivity index (χ4n) is 3.01. The first-order valence-electron chi connectivity index (χ1n) is 6.75. The van der Waals surface area contributed by atoms with Crippen molar-refractivity contribution in [3.63, 3.8) is 0 Å². The van der Waals surface area contributed by atoms with Gasteiger partial charge >= 0.3 is 0 Å². The van der Waals surface area contributed by atoms with Crippen LogP contribution in [-0.4, -0.2) is 18.3 Å². The van der Waals surface area contributed by atoms with E-state index in [9.17, 15) is 0 Å². The smallest absolute Gasteiger partial charge is 0.0815 e. The maximum absolute atomic E-state index is 6.15. The van der Waals surface area contributed by atoms with Crippen LogP contribution < -0.4 is 0 Å². The van der Waals surface area contributed by atoms with Crippen LogP contribution in [0.1, 0.15) is 19.4 Å². The van der Waals surface area contributed by atoms with E-state index in [4.69, 9.17) is 9.47 Å². The van der Waals surface area contributed by atoms with Gasteiger partial charge in [0.05, 0.1) is 24.9 Å². The molecule has 0 aliphatic carbocycles. The lowest BCUT2D eigenvalue weighted by Gasteiger charge is -2.39. The summed E-state index contributed by atoms with van der Waals surface area (Å²) in [6, 6.07) is 10.4. The molecule has 4 atom stereocenters. The standard InChI is InChI=1S/C16H20O2/c1-11-14-8-9-15(18-14)12(2)16(11)17-10-13-6-4-3-5-7-13/h3-9,11-12,14-16H,10H2,1-2H3. The van der Waals surface area contributed by atoms with Crippen LogP contribution in [-0.2, 0) is 16.1 Å². The molecule has 4 unspecified atom stereocenters. The molecule has 96 valence electrons. The molecule has 2 heteroatoms. The van der Waals surface area contributed by atoms with Crippen LogP contribution in [0.5, 0.6) is 0 Å². The third-order valence-corrected chi connectivity index (χ3v) is 4.16. The van der Waals surface area contributed by atoms with E-state index < -0.39 is 0 Å². The lowest BCUT2D eigenvalue weighted by atomic mass is 9.86. The van der Waals surface area contributed by atoms with E-state index in [1.165, 1.54) is 5.56 Å². The van der Waals surface area contributed by atoms with Gasteiger partial charge in [-0.25, -0.2) is 0 Å². The molecule has 0 spiro atoms. The molecule has 1 fully saturated rings. The number of hydrogen-bond acceptors (Lipinski definition) is 2. The van der Waals surface area contributed by atoms with Crippen LogP contribution in [0.25, 0.3) is 0 Å². The molecular weight excluding hydrogens is 224 g/mol. The minimum Gasteiger partial charge on any atom is -0.373 e. The Morgan fingerprint density at radius 3 is 2.22 bits per heavy atom. The Morgan fingerprint density at radius 2 is 1.61 bits per heavy atom. The first-order chi connectivity index (χ1) is 8.75. The fraction of sp³-hybridized carbons (Fsp3) is 0.500. The van der Waals surface area contributed by atoms with Gasteiger partial charge in [-0.1, -0.05) is 56.3 Å². The molecule has 0 N–H and O–H groups in total. The molecule has 0 radical (unpaired) electrons. The van der Waals surface area contributed by atoms with Gasteiger partial charge in [0.15, 0.2) is 0 Å². The second-order valence-corrected chi connectivity index (χ2v) is 5.43. The SMILES string of the molecule is CC1C2C=CC(O2)C(C)C1OCc1ccccc1. The lowest BCUT2D eigenvalue weighted by molar-refractivity contribution is -0.145. The molecule has 18 heavy (non-hydrogen) atoms. The lowest BCUT2D eigenvalue weighted by Crippen LogP contribution is -2.45. The first kappa shape index (κ1) is 11.9. The highest BCUT2D eigenvalue weighted by atomic mass is 16.5. The average Bonchev–Trinajstić information content (AvgIpc) is 2.85. The molecule has 0 amide bonds. The van der Waals surface area contributed by atoms with Gasteiger partial charge in [0, 0.05) is 11.8 Å². The van der Waals surface area contributed by atoms with Gasteiger partial charge in [0.2, 0.25) is 0 Å². The van der Waals surface area contributed by atoms with Gasteiger partial charge < -0.3 is 9.47 Å². The van der Waals surface area contributed by atoms with Crippen LogP contribution in [0, 0.1) is 11.8 Å². The van der Waals surface area contributed by atoms with Crippen molar-refractivity contribution in [3.05, 3.63) is 48.0 Å². The molecule has 2 bridgehead atoms. The van der Waals surface area contributed by atoms with Crippen molar-refractivity contribution < 1.29 is 9.47 Å². The van der Waals surface area contributed by atoms with Crippen molar-refractivity contribution in [1.29, 1.82) is 0 Å². The Hall–Kier alpha value is -1.12. The number of fused-ring (bicyclic) bond motifs is 2. The monoisotopic (exact) mass is 244 g/mol. The van der Waals surface area contributed by atoms with Crippen LogP contribution in [0.4, 0.5) is 0 Å². The Morgan fingerprint density at radius 1 is 1.00 bits per heavy atom. The first-order valence-corrected chi connectivity index (χ1v) is 6.75. The van der Waals surface area contributed by atoms with E-state index in [1.54, 1.807) is 0 Å². The molecular formula is C16H20O2. The summed E-state index contributed by atoms with van der Waals surface area (Å²) < 4.78 is 12.1. The van der Waals surface area contributed by atoms with Crippen molar-refractivity contribution in [1.82, 2.24) is 0 Å². The number of rotatable bonds is 3. The van der Waals surface area contributed by atoms with E-state index in [0.29, 0.717) is 18.4 Å². The molecule has 0 aromatic heterocycles. The van der Waals surface area contributed by atoms with Gasteiger partial charge in [-0.15, -0.1) is 0 Å². The molecule has 1 saturated heterocycles. The van der Waals surface area contributed by atoms with Gasteiger partial charge in [0.25, 0.3) is 0 Å². The van der Waals surface area contributed by atoms with E-state index in [0.717, 1.165) is 0 Å². The van der Waals surface area contributed by atoms with Crippen molar-refractivity contribution in [3.8, 4) is 0 Å². The maximum Gasteiger partial charge on any atom is 0.0815 e. The molecule has 3 rings (SSSR count). The summed E-state index contributed by atoms with van der Waals surface area (Å²) in [5.41, 5.74) is 1.24. The predicted molar refractivity (Wildman–Crippen MR) is 71.1 cm³/mol. The topological polar surface area (TPSA) is 18.5 Å². The van der Waals surface area contributed by atoms with Crippen LogP contribution in [0.2, 0.25) is 0 Å². The largest absolute Gasteiger partial charge is 0.373 e. The van der Waals surface area contributed by atoms with E-state index in [-0.39, 0.29) is 18.3 Å². The second-order valence-electron chi connectivity index (χ2n) is 5.43. The van der Waals surface area contributed by atoms with Gasteiger partial charge in [-0.05, 0) is 5.56 Å². The second kappa shape index (κ2) is 4.87. The molecule has 2 nitrogen and oxygen atoms in total. The summed E-state index contributed by atoms with van der Waals surface area (Å²) in [5.74, 6) is 0.859. The van der Waals surface area contributed by atoms with Gasteiger partial charge in [0.1, 0.15) is 0 Å². The maximum atomic E-state index is 6.15. The summed E-state index contributed by atoms with van der Waals surface area (Å²) in [5, 5.41) is 0. The highest BCUT2D eigenvalue weighted by Gasteiger charge is 2.43. The van der Waals surface area contributed by atoms with Crippen LogP contribution in [0.15, 0.2) is 42.5 Å². The Balaban J connectivity index is 1.66. The van der Waals surface area contributed by atoms with E-state index in [2.05, 4.69) is 50.3 Å². The molecule has 2 aliphatic rings. The fourth-order valence-corrected chi connectivity index (χ4v) is 3.01. The number of ether oxygens (including phenoxy) is 2. The molecule has 0 saturated carbocycles. The molecule has 2 aliphatic heterocycles. The summed E-state index contributed by atoms with van der Waals surface area (Å²) in [7, 11) is 0. The quantitative estimate of drug-likeness (QED) is 0.760. The Bertz CT molecular complexity index is 408. The average molecular weight is 244 g/mol. The zero-order chi connectivity index (χ0) is 12.5. The summed E-state index contributed by atoms with van der Waals surface area (Å²) >= 11 is 0. The van der Waals surface area contributed by atoms with Crippen LogP contribution >= 0.6 is 0 Å². The number of benzene rings is 1. The summed E-state index contributed by atoms with van der Waals surface area (Å²) in [6.07, 6.45) is 5.15. The van der Waals surface area contributed by atoms with Crippen molar-refractivity contribution in [2.45, 2.75) is 38.8 Å². The Labute approximate surface area is 109 Å². The van der Waals surface area contributed by atoms with Crippen molar-refractivity contribution in [2.24, 2.45) is 11.8 Å². The molecule has 1 aromatic rings. The normalized spacial score (nSPS) is 38.0. The van der Waals surface area contributed by atoms with Crippen LogP contribution in [0.3, 0.4) is 0 Å². The third kappa shape index (κ3) is 2.11. The Kier molecular flexibility index (Phi) is 3.23. The molecule has 1 aromatic carbocycles. The minimum atomic E-state index is 0.243. The van der Waals surface area contributed by atoms with Gasteiger partial charge in [-0.3, -0.25) is 0 Å². The van der Waals surface area contributed by atoms with E-state index >= 15 is 0 Å². The van der Waals surface area contributed by atoms with E-state index in [1.807, 2.05) is 6.07 Å². The summed E-state index contributed by atoms with van der Waals surface area (Å²) in [4.78, 5) is 0. The highest BCUT2D eigenvalue weighted by molar-refractivity contribution is 5.14. The van der Waals surface area contributed by atoms with Crippen molar-refractivity contribution in [2.75, 3.05) is 0 Å². The summed E-state index contributed by atoms with van der Waals surface area (Å²) in [6.45, 7) is 5.14. The van der Waals surface area contributed by atoms with Gasteiger partial charge in [-0.2, -0.15) is 0 Å². The van der Waals surface area contributed by atoms with Crippen molar-refractivity contribution >= 4 is 0 Å². The minimum absolute atomic E-state index is 0.243.